The van der Waals surface area contributed by atoms with Crippen LogP contribution in [0.3, 0.4) is 0 Å². The predicted molar refractivity (Wildman–Crippen MR) is 117 cm³/mol. The maximum absolute atomic E-state index is 13.8. The number of nitrogens with zero attached hydrogens (tertiary/aromatic N) is 2. The second-order valence-electron chi connectivity index (χ2n) is 8.24. The third kappa shape index (κ3) is 2.76. The van der Waals surface area contributed by atoms with Gasteiger partial charge in [-0.25, -0.2) is 0 Å². The molecule has 1 amide bonds. The van der Waals surface area contributed by atoms with E-state index in [0.29, 0.717) is 24.3 Å². The SMILES string of the molecule is CC1(C)CN(C(=O)c2c(-c3ccccc3)c3ccccc3n2O)Cc2ccsc21. The van der Waals surface area contributed by atoms with Gasteiger partial charge in [0.25, 0.3) is 5.91 Å². The van der Waals surface area contributed by atoms with Crippen molar-refractivity contribution < 1.29 is 10.0 Å². The Bertz CT molecular complexity index is 1220. The van der Waals surface area contributed by atoms with E-state index >= 15 is 0 Å². The van der Waals surface area contributed by atoms with E-state index in [1.807, 2.05) is 59.5 Å². The quantitative estimate of drug-likeness (QED) is 0.447. The average molecular weight is 403 g/mol. The lowest BCUT2D eigenvalue weighted by molar-refractivity contribution is 0.0645. The highest BCUT2D eigenvalue weighted by atomic mass is 32.1. The molecule has 0 unspecified atom stereocenters. The van der Waals surface area contributed by atoms with Gasteiger partial charge in [0.05, 0.1) is 5.52 Å². The zero-order chi connectivity index (χ0) is 20.2. The molecule has 0 radical (unpaired) electrons. The van der Waals surface area contributed by atoms with E-state index in [9.17, 15) is 10.0 Å². The molecule has 1 aliphatic heterocycles. The van der Waals surface area contributed by atoms with Gasteiger partial charge in [-0.1, -0.05) is 62.4 Å². The summed E-state index contributed by atoms with van der Waals surface area (Å²) < 4.78 is 1.07. The third-order valence-electron chi connectivity index (χ3n) is 5.71. The maximum atomic E-state index is 13.8. The van der Waals surface area contributed by atoms with Crippen LogP contribution in [0.2, 0.25) is 0 Å². The normalized spacial score (nSPS) is 15.4. The summed E-state index contributed by atoms with van der Waals surface area (Å²) in [5.41, 5.74) is 3.75. The van der Waals surface area contributed by atoms with E-state index < -0.39 is 0 Å². The molecular weight excluding hydrogens is 380 g/mol. The molecule has 4 nitrogen and oxygen atoms in total. The second-order valence-corrected chi connectivity index (χ2v) is 9.15. The largest absolute Gasteiger partial charge is 0.428 e. The molecule has 5 heteroatoms. The van der Waals surface area contributed by atoms with Crippen LogP contribution in [-0.2, 0) is 12.0 Å². The first-order chi connectivity index (χ1) is 14.0. The number of rotatable bonds is 2. The Morgan fingerprint density at radius 1 is 1.03 bits per heavy atom. The standard InChI is InChI=1S/C24H22N2O2S/c1-24(2)15-25(14-17-12-13-29-22(17)24)23(27)21-20(16-8-4-3-5-9-16)18-10-6-7-11-19(18)26(21)28/h3-13,28H,14-15H2,1-2H3. The minimum atomic E-state index is -0.146. The van der Waals surface area contributed by atoms with E-state index in [2.05, 4.69) is 25.3 Å². The van der Waals surface area contributed by atoms with Crippen LogP contribution in [0.25, 0.3) is 22.0 Å². The Morgan fingerprint density at radius 3 is 2.55 bits per heavy atom. The highest BCUT2D eigenvalue weighted by molar-refractivity contribution is 7.10. The van der Waals surface area contributed by atoms with Crippen molar-refractivity contribution in [3.05, 3.63) is 82.2 Å². The molecule has 0 fully saturated rings. The second kappa shape index (κ2) is 6.49. The van der Waals surface area contributed by atoms with E-state index in [1.165, 1.54) is 10.4 Å². The van der Waals surface area contributed by atoms with Gasteiger partial charge in [0.1, 0.15) is 0 Å². The Labute approximate surface area is 173 Å². The summed E-state index contributed by atoms with van der Waals surface area (Å²) in [6, 6.07) is 19.5. The minimum Gasteiger partial charge on any atom is -0.428 e. The van der Waals surface area contributed by atoms with Crippen LogP contribution in [0, 0.1) is 0 Å². The number of benzene rings is 2. The summed E-state index contributed by atoms with van der Waals surface area (Å²) in [6.45, 7) is 5.54. The maximum Gasteiger partial charge on any atom is 0.274 e. The van der Waals surface area contributed by atoms with Crippen LogP contribution in [0.4, 0.5) is 0 Å². The fourth-order valence-electron chi connectivity index (χ4n) is 4.48. The molecule has 5 rings (SSSR count). The summed E-state index contributed by atoms with van der Waals surface area (Å²) in [7, 11) is 0. The number of amides is 1. The Balaban J connectivity index is 1.68. The first-order valence-corrected chi connectivity index (χ1v) is 10.6. The number of thiophene rings is 1. The van der Waals surface area contributed by atoms with Crippen molar-refractivity contribution in [2.45, 2.75) is 25.8 Å². The van der Waals surface area contributed by atoms with Crippen LogP contribution < -0.4 is 0 Å². The molecule has 0 atom stereocenters. The summed E-state index contributed by atoms with van der Waals surface area (Å²) >= 11 is 1.76. The molecule has 0 aliphatic carbocycles. The molecule has 146 valence electrons. The molecule has 0 saturated heterocycles. The first kappa shape index (κ1) is 18.0. The highest BCUT2D eigenvalue weighted by Crippen LogP contribution is 2.40. The summed E-state index contributed by atoms with van der Waals surface area (Å²) in [5.74, 6) is -0.146. The molecule has 0 spiro atoms. The van der Waals surface area contributed by atoms with Gasteiger partial charge in [-0.05, 0) is 28.6 Å². The number of fused-ring (bicyclic) bond motifs is 2. The number of para-hydroxylation sites is 1. The van der Waals surface area contributed by atoms with Crippen LogP contribution in [0.15, 0.2) is 66.0 Å². The van der Waals surface area contributed by atoms with E-state index in [4.69, 9.17) is 0 Å². The Morgan fingerprint density at radius 2 is 1.76 bits per heavy atom. The monoisotopic (exact) mass is 402 g/mol. The molecule has 2 aromatic heterocycles. The topological polar surface area (TPSA) is 45.5 Å². The summed E-state index contributed by atoms with van der Waals surface area (Å²) in [6.07, 6.45) is 0. The van der Waals surface area contributed by atoms with Gasteiger partial charge >= 0.3 is 0 Å². The zero-order valence-corrected chi connectivity index (χ0v) is 17.2. The van der Waals surface area contributed by atoms with E-state index in [1.54, 1.807) is 11.3 Å². The van der Waals surface area contributed by atoms with Gasteiger partial charge in [-0.15, -0.1) is 11.3 Å². The number of hydrogen-bond donors (Lipinski definition) is 1. The average Bonchev–Trinajstić information content (AvgIpc) is 3.31. The fraction of sp³-hybridized carbons (Fsp3) is 0.208. The zero-order valence-electron chi connectivity index (χ0n) is 16.4. The molecule has 3 heterocycles. The van der Waals surface area contributed by atoms with Gasteiger partial charge in [0, 0.05) is 34.3 Å². The third-order valence-corrected chi connectivity index (χ3v) is 7.03. The molecule has 2 aromatic carbocycles. The van der Waals surface area contributed by atoms with Gasteiger partial charge in [-0.2, -0.15) is 4.73 Å². The van der Waals surface area contributed by atoms with Crippen molar-refractivity contribution >= 4 is 28.1 Å². The van der Waals surface area contributed by atoms with Crippen molar-refractivity contribution in [1.82, 2.24) is 9.63 Å². The molecule has 29 heavy (non-hydrogen) atoms. The van der Waals surface area contributed by atoms with E-state index in [-0.39, 0.29) is 11.3 Å². The molecule has 0 saturated carbocycles. The van der Waals surface area contributed by atoms with E-state index in [0.717, 1.165) is 21.2 Å². The number of carbonyl (C=O) groups excluding carboxylic acids is 1. The van der Waals surface area contributed by atoms with Crippen LogP contribution in [-0.4, -0.2) is 27.3 Å². The van der Waals surface area contributed by atoms with Gasteiger partial charge in [-0.3, -0.25) is 4.79 Å². The van der Waals surface area contributed by atoms with Gasteiger partial charge in [0.15, 0.2) is 5.69 Å². The summed E-state index contributed by atoms with van der Waals surface area (Å²) in [4.78, 5) is 17.0. The van der Waals surface area contributed by atoms with Crippen LogP contribution >= 0.6 is 11.3 Å². The van der Waals surface area contributed by atoms with Crippen molar-refractivity contribution in [2.24, 2.45) is 0 Å². The molecule has 1 aliphatic rings. The molecule has 1 N–H and O–H groups in total. The lowest BCUT2D eigenvalue weighted by atomic mass is 9.85. The fourth-order valence-corrected chi connectivity index (χ4v) is 5.51. The van der Waals surface area contributed by atoms with Crippen LogP contribution in [0.5, 0.6) is 0 Å². The van der Waals surface area contributed by atoms with Gasteiger partial charge < -0.3 is 10.1 Å². The van der Waals surface area contributed by atoms with Crippen molar-refractivity contribution in [3.8, 4) is 11.1 Å². The molecule has 4 aromatic rings. The number of carbonyl (C=O) groups is 1. The highest BCUT2D eigenvalue weighted by Gasteiger charge is 2.37. The summed E-state index contributed by atoms with van der Waals surface area (Å²) in [5, 5.41) is 14.0. The predicted octanol–water partition coefficient (Wildman–Crippen LogP) is 5.54. The van der Waals surface area contributed by atoms with Crippen molar-refractivity contribution in [2.75, 3.05) is 6.54 Å². The Hall–Kier alpha value is -3.05. The molecule has 0 bridgehead atoms. The molecular formula is C24H22N2O2S. The Kier molecular flexibility index (Phi) is 4.03. The van der Waals surface area contributed by atoms with Crippen molar-refractivity contribution in [1.29, 1.82) is 0 Å². The smallest absolute Gasteiger partial charge is 0.274 e. The van der Waals surface area contributed by atoms with Crippen LogP contribution in [0.1, 0.15) is 34.8 Å². The lowest BCUT2D eigenvalue weighted by Gasteiger charge is -2.38. The van der Waals surface area contributed by atoms with Gasteiger partial charge in [0.2, 0.25) is 0 Å². The minimum absolute atomic E-state index is 0.114. The first-order valence-electron chi connectivity index (χ1n) is 9.71. The number of hydrogen-bond acceptors (Lipinski definition) is 3. The van der Waals surface area contributed by atoms with Crippen molar-refractivity contribution in [3.63, 3.8) is 0 Å². The lowest BCUT2D eigenvalue weighted by Crippen LogP contribution is -2.44. The number of aromatic nitrogens is 1.